The van der Waals surface area contributed by atoms with Crippen LogP contribution in [0.4, 0.5) is 5.13 Å². The maximum atomic E-state index is 10.7. The minimum atomic E-state index is -3.82. The average Bonchev–Trinajstić information content (AvgIpc) is 3.05. The minimum Gasteiger partial charge on any atom is -0.356 e. The van der Waals surface area contributed by atoms with E-state index in [1.807, 2.05) is 0 Å². The summed E-state index contributed by atoms with van der Waals surface area (Å²) in [4.78, 5) is 31.2. The Labute approximate surface area is 161 Å². The molecule has 0 atom stereocenters. The van der Waals surface area contributed by atoms with Gasteiger partial charge in [-0.05, 0) is 25.7 Å². The number of primary sulfonamides is 1. The summed E-state index contributed by atoms with van der Waals surface area (Å²) in [7, 11) is -3.82. The van der Waals surface area contributed by atoms with Gasteiger partial charge in [-0.15, -0.1) is 10.2 Å². The van der Waals surface area contributed by atoms with Crippen LogP contribution >= 0.6 is 11.3 Å². The van der Waals surface area contributed by atoms with Crippen molar-refractivity contribution < 1.29 is 22.8 Å². The molecule has 1 aromatic heterocycles. The summed E-state index contributed by atoms with van der Waals surface area (Å²) in [5.74, 6) is 0.0784. The lowest BCUT2D eigenvalue weighted by molar-refractivity contribution is -0.123. The number of rotatable bonds is 2. The molecule has 0 unspecified atom stereocenters. The second-order valence-corrected chi connectivity index (χ2v) is 8.43. The molecule has 2 aliphatic heterocycles. The van der Waals surface area contributed by atoms with Gasteiger partial charge in [-0.25, -0.2) is 13.6 Å². The highest BCUT2D eigenvalue weighted by molar-refractivity contribution is 7.91. The molecule has 0 spiro atoms. The van der Waals surface area contributed by atoms with Gasteiger partial charge in [-0.3, -0.25) is 14.4 Å². The molecule has 0 radical (unpaired) electrons. The van der Waals surface area contributed by atoms with E-state index in [-0.39, 0.29) is 27.2 Å². The molecule has 3 amide bonds. The Kier molecular flexibility index (Phi) is 9.82. The zero-order chi connectivity index (χ0) is 20.3. The van der Waals surface area contributed by atoms with Gasteiger partial charge in [0, 0.05) is 32.9 Å². The monoisotopic (exact) mass is 420 g/mol. The first-order valence-electron chi connectivity index (χ1n) is 8.36. The zero-order valence-corrected chi connectivity index (χ0v) is 16.6. The maximum Gasteiger partial charge on any atom is 0.267 e. The molecule has 2 saturated heterocycles. The fourth-order valence-electron chi connectivity index (χ4n) is 1.98. The van der Waals surface area contributed by atoms with Crippen LogP contribution in [0.25, 0.3) is 0 Å². The first-order valence-corrected chi connectivity index (χ1v) is 10.7. The van der Waals surface area contributed by atoms with Crippen molar-refractivity contribution in [1.82, 2.24) is 20.8 Å². The molecule has 13 heteroatoms. The summed E-state index contributed by atoms with van der Waals surface area (Å²) < 4.78 is 21.1. The number of aromatic nitrogens is 2. The van der Waals surface area contributed by atoms with Crippen LogP contribution in [0, 0.1) is 0 Å². The SMILES string of the molecule is CC(=O)Nc1nnc(S(N)(=O)=O)s1.O=C1CCCCN1.O=C1CCCCN1. The van der Waals surface area contributed by atoms with Gasteiger partial charge in [-0.1, -0.05) is 11.3 Å². The van der Waals surface area contributed by atoms with Crippen LogP contribution in [0.2, 0.25) is 0 Å². The van der Waals surface area contributed by atoms with Gasteiger partial charge in [-0.2, -0.15) is 0 Å². The number of nitrogens with one attached hydrogen (secondary N) is 3. The van der Waals surface area contributed by atoms with Gasteiger partial charge in [0.15, 0.2) is 0 Å². The Morgan fingerprint density at radius 1 is 1.04 bits per heavy atom. The Morgan fingerprint density at radius 2 is 1.56 bits per heavy atom. The van der Waals surface area contributed by atoms with E-state index in [0.29, 0.717) is 11.3 Å². The smallest absolute Gasteiger partial charge is 0.267 e. The van der Waals surface area contributed by atoms with E-state index in [0.717, 1.165) is 51.6 Å². The first kappa shape index (κ1) is 22.9. The van der Waals surface area contributed by atoms with Crippen LogP contribution in [0.15, 0.2) is 4.34 Å². The molecule has 11 nitrogen and oxygen atoms in total. The van der Waals surface area contributed by atoms with Crippen molar-refractivity contribution in [2.45, 2.75) is 49.8 Å². The van der Waals surface area contributed by atoms with Crippen molar-refractivity contribution in [3.8, 4) is 0 Å². The number of nitrogens with two attached hydrogens (primary N) is 1. The largest absolute Gasteiger partial charge is 0.356 e. The quantitative estimate of drug-likeness (QED) is 0.476. The van der Waals surface area contributed by atoms with E-state index < -0.39 is 10.0 Å². The van der Waals surface area contributed by atoms with Crippen LogP contribution in [0.3, 0.4) is 0 Å². The van der Waals surface area contributed by atoms with E-state index in [1.165, 1.54) is 6.92 Å². The Morgan fingerprint density at radius 3 is 1.81 bits per heavy atom. The molecular weight excluding hydrogens is 396 g/mol. The van der Waals surface area contributed by atoms with Crippen LogP contribution in [0.1, 0.15) is 45.4 Å². The van der Waals surface area contributed by atoms with E-state index in [1.54, 1.807) is 0 Å². The second-order valence-electron chi connectivity index (χ2n) is 5.71. The zero-order valence-electron chi connectivity index (χ0n) is 15.0. The molecule has 1 aromatic rings. The average molecular weight is 421 g/mol. The van der Waals surface area contributed by atoms with Crippen molar-refractivity contribution in [2.24, 2.45) is 5.14 Å². The minimum absolute atomic E-state index is 0.108. The number of sulfonamides is 1. The van der Waals surface area contributed by atoms with Crippen molar-refractivity contribution in [3.05, 3.63) is 0 Å². The molecule has 27 heavy (non-hydrogen) atoms. The summed E-state index contributed by atoms with van der Waals surface area (Å²) in [6.45, 7) is 3.05. The molecule has 2 fully saturated rings. The van der Waals surface area contributed by atoms with Crippen molar-refractivity contribution >= 4 is 44.2 Å². The molecule has 3 heterocycles. The normalized spacial score (nSPS) is 16.5. The molecule has 152 valence electrons. The number of nitrogens with zero attached hydrogens (tertiary/aromatic N) is 2. The fourth-order valence-corrected chi connectivity index (χ4v) is 3.36. The van der Waals surface area contributed by atoms with E-state index in [9.17, 15) is 22.8 Å². The molecule has 0 aromatic carbocycles. The third-order valence-electron chi connectivity index (χ3n) is 3.24. The van der Waals surface area contributed by atoms with Gasteiger partial charge in [0.05, 0.1) is 0 Å². The van der Waals surface area contributed by atoms with Crippen LogP contribution in [-0.2, 0) is 24.4 Å². The number of piperidine rings is 2. The Hall–Kier alpha value is -2.12. The molecule has 0 saturated carbocycles. The highest BCUT2D eigenvalue weighted by Crippen LogP contribution is 2.17. The molecular formula is C14H24N6O5S2. The molecule has 5 N–H and O–H groups in total. The molecule has 0 bridgehead atoms. The van der Waals surface area contributed by atoms with E-state index in [4.69, 9.17) is 5.14 Å². The standard InChI is InChI=1S/2C5H9NO.C4H6N4O3S2/c2*7-5-3-1-2-4-6-5;1-2(9)6-3-7-8-4(12-3)13(5,10)11/h2*1-4H2,(H,6,7);1H3,(H2,5,10,11)(H,6,7,9). The van der Waals surface area contributed by atoms with Crippen LogP contribution in [0.5, 0.6) is 0 Å². The predicted octanol–water partition coefficient (Wildman–Crippen LogP) is -0.283. The molecule has 0 aliphatic carbocycles. The lowest BCUT2D eigenvalue weighted by atomic mass is 10.2. The summed E-state index contributed by atoms with van der Waals surface area (Å²) >= 11 is 0.701. The van der Waals surface area contributed by atoms with Gasteiger partial charge in [0.25, 0.3) is 10.0 Å². The third-order valence-corrected chi connectivity index (χ3v) is 5.39. The van der Waals surface area contributed by atoms with Crippen molar-refractivity contribution in [1.29, 1.82) is 0 Å². The predicted molar refractivity (Wildman–Crippen MR) is 99.3 cm³/mol. The number of amides is 3. The van der Waals surface area contributed by atoms with Gasteiger partial charge < -0.3 is 16.0 Å². The fraction of sp³-hybridized carbons (Fsp3) is 0.643. The lowest BCUT2D eigenvalue weighted by Crippen LogP contribution is -2.28. The summed E-state index contributed by atoms with van der Waals surface area (Å²) in [6, 6.07) is 0. The number of hydrogen-bond donors (Lipinski definition) is 4. The number of carbonyl (C=O) groups is 3. The first-order chi connectivity index (χ1) is 12.7. The van der Waals surface area contributed by atoms with Crippen molar-refractivity contribution in [2.75, 3.05) is 18.4 Å². The second kappa shape index (κ2) is 11.6. The van der Waals surface area contributed by atoms with Gasteiger partial charge in [0.1, 0.15) is 0 Å². The van der Waals surface area contributed by atoms with Crippen molar-refractivity contribution in [3.63, 3.8) is 0 Å². The topological polar surface area (TPSA) is 173 Å². The summed E-state index contributed by atoms with van der Waals surface area (Å²) in [5, 5.41) is 19.3. The number of anilines is 1. The van der Waals surface area contributed by atoms with Crippen LogP contribution < -0.4 is 21.1 Å². The Bertz CT molecular complexity index is 711. The Balaban J connectivity index is 0.000000220. The number of carbonyl (C=O) groups excluding carboxylic acids is 3. The lowest BCUT2D eigenvalue weighted by Gasteiger charge is -2.08. The highest BCUT2D eigenvalue weighted by Gasteiger charge is 2.15. The van der Waals surface area contributed by atoms with E-state index >= 15 is 0 Å². The van der Waals surface area contributed by atoms with Crippen LogP contribution in [-0.4, -0.2) is 49.4 Å². The summed E-state index contributed by atoms with van der Waals surface area (Å²) in [6.07, 6.45) is 5.94. The highest BCUT2D eigenvalue weighted by atomic mass is 32.2. The van der Waals surface area contributed by atoms with Gasteiger partial charge >= 0.3 is 0 Å². The summed E-state index contributed by atoms with van der Waals surface area (Å²) in [5.41, 5.74) is 0. The van der Waals surface area contributed by atoms with Gasteiger partial charge in [0.2, 0.25) is 27.2 Å². The third kappa shape index (κ3) is 10.6. The maximum absolute atomic E-state index is 10.7. The number of hydrogen-bond acceptors (Lipinski definition) is 8. The molecule has 3 rings (SSSR count). The molecule has 2 aliphatic rings. The van der Waals surface area contributed by atoms with E-state index in [2.05, 4.69) is 26.1 Å².